The zero-order valence-corrected chi connectivity index (χ0v) is 15.7. The van der Waals surface area contributed by atoms with Crippen LogP contribution >= 0.6 is 0 Å². The van der Waals surface area contributed by atoms with Gasteiger partial charge in [0, 0.05) is 0 Å². The van der Waals surface area contributed by atoms with Crippen molar-refractivity contribution in [3.63, 3.8) is 0 Å². The first-order valence-corrected chi connectivity index (χ1v) is 8.53. The number of carbonyl (C=O) groups excluding carboxylic acids is 1. The molecular weight excluding hydrogens is 364 g/mol. The fourth-order valence-electron chi connectivity index (χ4n) is 3.07. The van der Waals surface area contributed by atoms with Gasteiger partial charge < -0.3 is 23.7 Å². The summed E-state index contributed by atoms with van der Waals surface area (Å²) >= 11 is 0. The number of ether oxygens (including phenoxy) is 3. The van der Waals surface area contributed by atoms with Crippen LogP contribution in [0.3, 0.4) is 0 Å². The quantitative estimate of drug-likeness (QED) is 0.652. The third-order valence-corrected chi connectivity index (χ3v) is 4.52. The van der Waals surface area contributed by atoms with E-state index in [0.717, 1.165) is 0 Å². The monoisotopic (exact) mass is 384 g/mol. The van der Waals surface area contributed by atoms with Crippen LogP contribution in [0.5, 0.6) is 17.2 Å². The first kappa shape index (κ1) is 19.3. The highest BCUT2D eigenvalue weighted by atomic mass is 16.5. The molecule has 146 valence electrons. The van der Waals surface area contributed by atoms with Gasteiger partial charge >= 0.3 is 5.97 Å². The van der Waals surface area contributed by atoms with E-state index in [4.69, 9.17) is 18.6 Å². The summed E-state index contributed by atoms with van der Waals surface area (Å²) in [6.07, 6.45) is -0.138. The number of aromatic hydroxyl groups is 1. The molecule has 0 saturated carbocycles. The van der Waals surface area contributed by atoms with Crippen molar-refractivity contribution in [3.05, 3.63) is 64.0 Å². The summed E-state index contributed by atoms with van der Waals surface area (Å²) in [6.45, 7) is 0. The number of hydrogen-bond donors (Lipinski definition) is 1. The Kier molecular flexibility index (Phi) is 5.54. The first-order chi connectivity index (χ1) is 13.5. The predicted molar refractivity (Wildman–Crippen MR) is 102 cm³/mol. The second kappa shape index (κ2) is 8.04. The highest BCUT2D eigenvalue weighted by Gasteiger charge is 2.27. The standard InChI is InChI=1S/C21H20O7/c1-25-16-9-8-12(10-17(16)26-2)14(11-18(22)27-3)21-20(24)19(23)13-6-4-5-7-15(13)28-21/h4-10,14,24H,11H2,1-3H3/t14-/m0/s1. The van der Waals surface area contributed by atoms with E-state index < -0.39 is 23.1 Å². The average molecular weight is 384 g/mol. The Bertz CT molecular complexity index is 1070. The predicted octanol–water partition coefficient (Wildman–Crippen LogP) is 3.21. The maximum atomic E-state index is 12.6. The lowest BCUT2D eigenvalue weighted by atomic mass is 9.91. The first-order valence-electron chi connectivity index (χ1n) is 8.53. The maximum Gasteiger partial charge on any atom is 0.306 e. The molecule has 7 heteroatoms. The summed E-state index contributed by atoms with van der Waals surface area (Å²) in [6, 6.07) is 11.6. The molecule has 0 unspecified atom stereocenters. The topological polar surface area (TPSA) is 95.2 Å². The minimum atomic E-state index is -0.760. The molecule has 28 heavy (non-hydrogen) atoms. The van der Waals surface area contributed by atoms with Gasteiger partial charge in [-0.1, -0.05) is 18.2 Å². The zero-order valence-electron chi connectivity index (χ0n) is 15.7. The van der Waals surface area contributed by atoms with Gasteiger partial charge in [0.05, 0.1) is 39.1 Å². The molecule has 3 rings (SSSR count). The van der Waals surface area contributed by atoms with E-state index in [0.29, 0.717) is 22.6 Å². The Morgan fingerprint density at radius 1 is 1.07 bits per heavy atom. The van der Waals surface area contributed by atoms with Crippen LogP contribution in [0.25, 0.3) is 11.0 Å². The second-order valence-corrected chi connectivity index (χ2v) is 6.09. The van der Waals surface area contributed by atoms with Crippen LogP contribution in [0.1, 0.15) is 23.7 Å². The van der Waals surface area contributed by atoms with Crippen molar-refractivity contribution in [2.75, 3.05) is 21.3 Å². The molecule has 0 bridgehead atoms. The highest BCUT2D eigenvalue weighted by molar-refractivity contribution is 5.78. The Labute approximate surface area is 161 Å². The summed E-state index contributed by atoms with van der Waals surface area (Å²) in [7, 11) is 4.27. The molecule has 0 aliphatic carbocycles. The molecule has 0 aliphatic heterocycles. The molecule has 0 spiro atoms. The van der Waals surface area contributed by atoms with Gasteiger partial charge in [-0.25, -0.2) is 0 Å². The average Bonchev–Trinajstić information content (AvgIpc) is 2.74. The lowest BCUT2D eigenvalue weighted by Gasteiger charge is -2.18. The van der Waals surface area contributed by atoms with Gasteiger partial charge in [-0.15, -0.1) is 0 Å². The number of para-hydroxylation sites is 1. The van der Waals surface area contributed by atoms with E-state index in [2.05, 4.69) is 0 Å². The van der Waals surface area contributed by atoms with E-state index in [1.54, 1.807) is 42.5 Å². The second-order valence-electron chi connectivity index (χ2n) is 6.09. The van der Waals surface area contributed by atoms with E-state index in [1.807, 2.05) is 0 Å². The van der Waals surface area contributed by atoms with Gasteiger partial charge in [-0.2, -0.15) is 0 Å². The van der Waals surface area contributed by atoms with Crippen LogP contribution in [-0.4, -0.2) is 32.4 Å². The summed E-state index contributed by atoms with van der Waals surface area (Å²) in [5.41, 5.74) is 0.347. The molecule has 7 nitrogen and oxygen atoms in total. The molecule has 1 heterocycles. The number of methoxy groups -OCH3 is 3. The Morgan fingerprint density at radius 3 is 2.46 bits per heavy atom. The normalized spacial score (nSPS) is 11.8. The fraction of sp³-hybridized carbons (Fsp3) is 0.238. The van der Waals surface area contributed by atoms with Crippen LogP contribution in [0.2, 0.25) is 0 Å². The molecule has 2 aromatic carbocycles. The summed E-state index contributed by atoms with van der Waals surface area (Å²) in [5, 5.41) is 10.8. The van der Waals surface area contributed by atoms with Crippen molar-refractivity contribution >= 4 is 16.9 Å². The number of hydrogen-bond acceptors (Lipinski definition) is 7. The number of fused-ring (bicyclic) bond motifs is 1. The molecular formula is C21H20O7. The zero-order chi connectivity index (χ0) is 20.3. The minimum absolute atomic E-state index is 0.0127. The SMILES string of the molecule is COC(=O)C[C@@H](c1ccc(OC)c(OC)c1)c1oc2ccccc2c(=O)c1O. The van der Waals surface area contributed by atoms with Crippen molar-refractivity contribution < 1.29 is 28.5 Å². The lowest BCUT2D eigenvalue weighted by Crippen LogP contribution is -2.14. The molecule has 0 saturated heterocycles. The Balaban J connectivity index is 2.22. The van der Waals surface area contributed by atoms with Crippen molar-refractivity contribution in [1.82, 2.24) is 0 Å². The summed E-state index contributed by atoms with van der Waals surface area (Å²) in [4.78, 5) is 24.6. The van der Waals surface area contributed by atoms with Gasteiger partial charge in [0.2, 0.25) is 11.2 Å². The van der Waals surface area contributed by atoms with Gasteiger partial charge in [0.15, 0.2) is 17.3 Å². The number of benzene rings is 2. The highest BCUT2D eigenvalue weighted by Crippen LogP contribution is 2.38. The van der Waals surface area contributed by atoms with Gasteiger partial charge in [-0.3, -0.25) is 9.59 Å². The number of esters is 1. The molecule has 1 aromatic heterocycles. The smallest absolute Gasteiger partial charge is 0.306 e. The molecule has 1 atom stereocenters. The van der Waals surface area contributed by atoms with E-state index in [-0.39, 0.29) is 17.6 Å². The lowest BCUT2D eigenvalue weighted by molar-refractivity contribution is -0.140. The minimum Gasteiger partial charge on any atom is -0.502 e. The Morgan fingerprint density at radius 2 is 1.79 bits per heavy atom. The van der Waals surface area contributed by atoms with Crippen molar-refractivity contribution in [3.8, 4) is 17.2 Å². The third-order valence-electron chi connectivity index (χ3n) is 4.52. The van der Waals surface area contributed by atoms with Gasteiger partial charge in [0.1, 0.15) is 5.58 Å². The van der Waals surface area contributed by atoms with Crippen molar-refractivity contribution in [2.24, 2.45) is 0 Å². The molecule has 0 amide bonds. The fourth-order valence-corrected chi connectivity index (χ4v) is 3.07. The number of rotatable bonds is 6. The summed E-state index contributed by atoms with van der Waals surface area (Å²) in [5.74, 6) is -0.881. The van der Waals surface area contributed by atoms with Gasteiger partial charge in [0.25, 0.3) is 0 Å². The van der Waals surface area contributed by atoms with Crippen LogP contribution in [0, 0.1) is 0 Å². The number of carbonyl (C=O) groups is 1. The van der Waals surface area contributed by atoms with E-state index in [1.165, 1.54) is 21.3 Å². The van der Waals surface area contributed by atoms with Crippen LogP contribution in [-0.2, 0) is 9.53 Å². The van der Waals surface area contributed by atoms with Crippen molar-refractivity contribution in [1.29, 1.82) is 0 Å². The molecule has 0 radical (unpaired) electrons. The largest absolute Gasteiger partial charge is 0.502 e. The molecule has 0 aliphatic rings. The van der Waals surface area contributed by atoms with Crippen LogP contribution < -0.4 is 14.9 Å². The third kappa shape index (κ3) is 3.51. The van der Waals surface area contributed by atoms with E-state index in [9.17, 15) is 14.7 Å². The van der Waals surface area contributed by atoms with Crippen molar-refractivity contribution in [2.45, 2.75) is 12.3 Å². The molecule has 0 fully saturated rings. The van der Waals surface area contributed by atoms with Crippen LogP contribution in [0.4, 0.5) is 0 Å². The van der Waals surface area contributed by atoms with E-state index >= 15 is 0 Å². The Hall–Kier alpha value is -3.48. The molecule has 1 N–H and O–H groups in total. The molecule has 3 aromatic rings. The summed E-state index contributed by atoms with van der Waals surface area (Å²) < 4.78 is 21.2. The maximum absolute atomic E-state index is 12.6. The van der Waals surface area contributed by atoms with Gasteiger partial charge in [-0.05, 0) is 29.8 Å². The van der Waals surface area contributed by atoms with Crippen LogP contribution in [0.15, 0.2) is 51.7 Å².